The number of nitrogens with zero attached hydrogens (tertiary/aromatic N) is 2. The summed E-state index contributed by atoms with van der Waals surface area (Å²) in [4.78, 5) is 15.3. The molecule has 1 fully saturated rings. The van der Waals surface area contributed by atoms with Crippen LogP contribution < -0.4 is 10.6 Å². The van der Waals surface area contributed by atoms with Crippen LogP contribution in [0.1, 0.15) is 29.4 Å². The van der Waals surface area contributed by atoms with Gasteiger partial charge >= 0.3 is 0 Å². The smallest absolute Gasteiger partial charge is 0.292 e. The number of rotatable bonds is 4. The monoisotopic (exact) mass is 196 g/mol. The summed E-state index contributed by atoms with van der Waals surface area (Å²) in [5, 5.41) is 9.22. The number of amides is 1. The van der Waals surface area contributed by atoms with Crippen molar-refractivity contribution in [3.63, 3.8) is 0 Å². The molecule has 1 heterocycles. The van der Waals surface area contributed by atoms with Gasteiger partial charge in [0.25, 0.3) is 11.7 Å². The van der Waals surface area contributed by atoms with E-state index in [0.29, 0.717) is 18.5 Å². The first-order valence-corrected chi connectivity index (χ1v) is 4.57. The van der Waals surface area contributed by atoms with E-state index in [4.69, 9.17) is 4.52 Å². The summed E-state index contributed by atoms with van der Waals surface area (Å²) in [6, 6.07) is 0.314. The standard InChI is InChI=1S/C8H12N4O2/c1-9-4-6-11-7(12-14-6)8(13)10-5-2-3-5/h5,9H,2-4H2,1H3,(H,10,13). The van der Waals surface area contributed by atoms with Crippen molar-refractivity contribution in [2.45, 2.75) is 25.4 Å². The molecule has 0 atom stereocenters. The normalized spacial score (nSPS) is 15.5. The first-order chi connectivity index (χ1) is 6.79. The fraction of sp³-hybridized carbons (Fsp3) is 0.625. The highest BCUT2D eigenvalue weighted by atomic mass is 16.5. The average Bonchev–Trinajstić information content (AvgIpc) is 2.83. The van der Waals surface area contributed by atoms with Crippen molar-refractivity contribution in [1.82, 2.24) is 20.8 Å². The van der Waals surface area contributed by atoms with Gasteiger partial charge in [-0.05, 0) is 19.9 Å². The predicted octanol–water partition coefficient (Wildman–Crippen LogP) is -0.319. The molecule has 1 amide bonds. The number of carbonyl (C=O) groups is 1. The highest BCUT2D eigenvalue weighted by Crippen LogP contribution is 2.18. The maximum absolute atomic E-state index is 11.4. The largest absolute Gasteiger partial charge is 0.346 e. The Hall–Kier alpha value is -1.43. The molecule has 6 heteroatoms. The lowest BCUT2D eigenvalue weighted by Crippen LogP contribution is -2.26. The topological polar surface area (TPSA) is 80.0 Å². The Labute approximate surface area is 81.1 Å². The summed E-state index contributed by atoms with van der Waals surface area (Å²) < 4.78 is 4.84. The number of nitrogens with one attached hydrogen (secondary N) is 2. The van der Waals surface area contributed by atoms with Gasteiger partial charge in [-0.2, -0.15) is 4.98 Å². The van der Waals surface area contributed by atoms with Crippen LogP contribution in [0.2, 0.25) is 0 Å². The summed E-state index contributed by atoms with van der Waals surface area (Å²) in [5.41, 5.74) is 0. The van der Waals surface area contributed by atoms with Gasteiger partial charge in [0.15, 0.2) is 0 Å². The van der Waals surface area contributed by atoms with Crippen molar-refractivity contribution in [3.05, 3.63) is 11.7 Å². The third kappa shape index (κ3) is 2.08. The van der Waals surface area contributed by atoms with Gasteiger partial charge in [-0.3, -0.25) is 4.79 Å². The van der Waals surface area contributed by atoms with Gasteiger partial charge in [-0.15, -0.1) is 0 Å². The van der Waals surface area contributed by atoms with Crippen LogP contribution in [0.3, 0.4) is 0 Å². The van der Waals surface area contributed by atoms with E-state index in [-0.39, 0.29) is 11.7 Å². The molecule has 2 N–H and O–H groups in total. The maximum atomic E-state index is 11.4. The van der Waals surface area contributed by atoms with E-state index in [1.165, 1.54) is 0 Å². The minimum absolute atomic E-state index is 0.113. The molecular formula is C8H12N4O2. The molecule has 1 aliphatic rings. The maximum Gasteiger partial charge on any atom is 0.292 e. The molecule has 0 unspecified atom stereocenters. The summed E-state index contributed by atoms with van der Waals surface area (Å²) in [7, 11) is 1.77. The average molecular weight is 196 g/mol. The van der Waals surface area contributed by atoms with Crippen LogP contribution in [0.5, 0.6) is 0 Å². The lowest BCUT2D eigenvalue weighted by atomic mass is 10.5. The fourth-order valence-corrected chi connectivity index (χ4v) is 1.05. The van der Waals surface area contributed by atoms with Crippen molar-refractivity contribution in [2.24, 2.45) is 0 Å². The molecule has 1 aliphatic carbocycles. The van der Waals surface area contributed by atoms with E-state index in [9.17, 15) is 4.79 Å². The Morgan fingerprint density at radius 1 is 1.64 bits per heavy atom. The molecule has 14 heavy (non-hydrogen) atoms. The van der Waals surface area contributed by atoms with Crippen molar-refractivity contribution in [2.75, 3.05) is 7.05 Å². The summed E-state index contributed by atoms with van der Waals surface area (Å²) in [5.74, 6) is 0.286. The highest BCUT2D eigenvalue weighted by Gasteiger charge is 2.25. The molecule has 2 rings (SSSR count). The second-order valence-corrected chi connectivity index (χ2v) is 3.29. The second kappa shape index (κ2) is 3.75. The van der Waals surface area contributed by atoms with Crippen LogP contribution in [0.25, 0.3) is 0 Å². The molecule has 1 aromatic rings. The zero-order valence-electron chi connectivity index (χ0n) is 7.91. The van der Waals surface area contributed by atoms with E-state index in [0.717, 1.165) is 12.8 Å². The van der Waals surface area contributed by atoms with Crippen molar-refractivity contribution in [3.8, 4) is 0 Å². The van der Waals surface area contributed by atoms with Crippen LogP contribution in [0.4, 0.5) is 0 Å². The lowest BCUT2D eigenvalue weighted by Gasteiger charge is -1.95. The predicted molar refractivity (Wildman–Crippen MR) is 47.5 cm³/mol. The van der Waals surface area contributed by atoms with Crippen LogP contribution >= 0.6 is 0 Å². The third-order valence-electron chi connectivity index (χ3n) is 1.91. The zero-order chi connectivity index (χ0) is 9.97. The molecule has 0 spiro atoms. The molecule has 0 saturated heterocycles. The first kappa shape index (κ1) is 9.14. The van der Waals surface area contributed by atoms with E-state index >= 15 is 0 Å². The van der Waals surface area contributed by atoms with Crippen molar-refractivity contribution in [1.29, 1.82) is 0 Å². The summed E-state index contributed by atoms with van der Waals surface area (Å²) in [6.07, 6.45) is 2.10. The van der Waals surface area contributed by atoms with Gasteiger partial charge in [0, 0.05) is 6.04 Å². The van der Waals surface area contributed by atoms with E-state index in [2.05, 4.69) is 20.8 Å². The number of hydrogen-bond acceptors (Lipinski definition) is 5. The van der Waals surface area contributed by atoms with E-state index in [1.54, 1.807) is 7.05 Å². The van der Waals surface area contributed by atoms with Crippen LogP contribution in [0.15, 0.2) is 4.52 Å². The highest BCUT2D eigenvalue weighted by molar-refractivity contribution is 5.90. The molecule has 76 valence electrons. The zero-order valence-corrected chi connectivity index (χ0v) is 7.91. The van der Waals surface area contributed by atoms with Crippen molar-refractivity contribution < 1.29 is 9.32 Å². The van der Waals surface area contributed by atoms with Gasteiger partial charge in [-0.1, -0.05) is 5.16 Å². The molecule has 6 nitrogen and oxygen atoms in total. The summed E-state index contributed by atoms with van der Waals surface area (Å²) in [6.45, 7) is 0.476. The molecule has 0 bridgehead atoms. The molecule has 1 saturated carbocycles. The van der Waals surface area contributed by atoms with Crippen molar-refractivity contribution >= 4 is 5.91 Å². The SMILES string of the molecule is CNCc1nc(C(=O)NC2CC2)no1. The molecular weight excluding hydrogens is 184 g/mol. The first-order valence-electron chi connectivity index (χ1n) is 4.57. The molecule has 0 aliphatic heterocycles. The lowest BCUT2D eigenvalue weighted by molar-refractivity contribution is 0.0937. The van der Waals surface area contributed by atoms with Gasteiger partial charge in [0.05, 0.1) is 6.54 Å². The van der Waals surface area contributed by atoms with Gasteiger partial charge in [0.2, 0.25) is 5.89 Å². The Morgan fingerprint density at radius 3 is 3.07 bits per heavy atom. The fourth-order valence-electron chi connectivity index (χ4n) is 1.05. The van der Waals surface area contributed by atoms with Gasteiger partial charge in [-0.25, -0.2) is 0 Å². The van der Waals surface area contributed by atoms with E-state index < -0.39 is 0 Å². The number of aromatic nitrogens is 2. The van der Waals surface area contributed by atoms with Crippen LogP contribution in [-0.2, 0) is 6.54 Å². The van der Waals surface area contributed by atoms with Crippen LogP contribution in [0, 0.1) is 0 Å². The summed E-state index contributed by atoms with van der Waals surface area (Å²) >= 11 is 0. The Bertz CT molecular complexity index is 332. The minimum Gasteiger partial charge on any atom is -0.346 e. The number of hydrogen-bond donors (Lipinski definition) is 2. The van der Waals surface area contributed by atoms with Gasteiger partial charge < -0.3 is 15.2 Å². The van der Waals surface area contributed by atoms with E-state index in [1.807, 2.05) is 0 Å². The quantitative estimate of drug-likeness (QED) is 0.690. The second-order valence-electron chi connectivity index (χ2n) is 3.29. The molecule has 1 aromatic heterocycles. The number of carbonyl (C=O) groups excluding carboxylic acids is 1. The molecule has 0 radical (unpaired) electrons. The van der Waals surface area contributed by atoms with Gasteiger partial charge in [0.1, 0.15) is 0 Å². The third-order valence-corrected chi connectivity index (χ3v) is 1.91. The molecule has 0 aromatic carbocycles. The Morgan fingerprint density at radius 2 is 2.43 bits per heavy atom. The Balaban J connectivity index is 1.96. The Kier molecular flexibility index (Phi) is 2.45. The minimum atomic E-state index is -0.251. The van der Waals surface area contributed by atoms with Crippen LogP contribution in [-0.4, -0.2) is 29.1 Å².